The second kappa shape index (κ2) is 13.4. The maximum Gasteiger partial charge on any atom is 1.00 e. The van der Waals surface area contributed by atoms with Gasteiger partial charge in [-0.2, -0.15) is 0 Å². The maximum absolute atomic E-state index is 12.8. The number of carbonyl (C=O) groups is 2. The molecule has 3 N–H and O–H groups in total. The maximum atomic E-state index is 12.8. The van der Waals surface area contributed by atoms with Crippen LogP contribution >= 0.6 is 0 Å². The number of hydrazine groups is 1. The summed E-state index contributed by atoms with van der Waals surface area (Å²) in [5.41, 5.74) is 1.45. The number of nitrogens with zero attached hydrogens (tertiary/aromatic N) is 2. The first kappa shape index (κ1) is 34.3. The number of aromatic hydroxyl groups is 1. The Morgan fingerprint density at radius 3 is 1.79 bits per heavy atom. The first-order valence-corrected chi connectivity index (χ1v) is 14.7. The predicted octanol–water partition coefficient (Wildman–Crippen LogP) is -6.41. The summed E-state index contributed by atoms with van der Waals surface area (Å²) in [6, 6.07) is -0.870. The average molecular weight is 605 g/mol. The molecule has 0 aromatic carbocycles. The van der Waals surface area contributed by atoms with Crippen LogP contribution in [-0.2, 0) is 29.8 Å². The fourth-order valence-corrected chi connectivity index (χ4v) is 6.84. The van der Waals surface area contributed by atoms with E-state index in [9.17, 15) is 45.4 Å². The van der Waals surface area contributed by atoms with Crippen LogP contribution < -0.4 is 70.1 Å². The van der Waals surface area contributed by atoms with Crippen LogP contribution in [0.1, 0.15) is 63.0 Å². The molecule has 2 heterocycles. The summed E-state index contributed by atoms with van der Waals surface area (Å²) < 4.78 is 68.5. The Morgan fingerprint density at radius 1 is 0.821 bits per heavy atom. The molecule has 4 rings (SSSR count). The van der Waals surface area contributed by atoms with Crippen LogP contribution in [0.5, 0.6) is 5.88 Å². The molecule has 0 bridgehead atoms. The van der Waals surface area contributed by atoms with Gasteiger partial charge in [-0.15, -0.1) is 0 Å². The molecule has 2 saturated carbocycles. The molecule has 1 saturated heterocycles. The summed E-state index contributed by atoms with van der Waals surface area (Å²) in [7, 11) is -8.82. The first-order chi connectivity index (χ1) is 17.3. The van der Waals surface area contributed by atoms with Crippen LogP contribution in [0.25, 0.3) is 6.08 Å². The molecule has 3 fully saturated rings. The van der Waals surface area contributed by atoms with Crippen molar-refractivity contribution in [3.8, 4) is 5.88 Å². The summed E-state index contributed by atoms with van der Waals surface area (Å²) in [4.78, 5) is 37.5. The molecule has 2 aliphatic carbocycles. The van der Waals surface area contributed by atoms with E-state index in [0.717, 1.165) is 5.01 Å². The Hall–Kier alpha value is -0.950. The zero-order valence-corrected chi connectivity index (χ0v) is 27.2. The number of nitrogens with one attached hydrogen (secondary N) is 2. The molecule has 0 spiro atoms. The standard InChI is InChI=1S/C21H28N4O10S2.2Na/c26-18-16(20(28)24(22-18)12-4-8-14(9-5-12)36(30,31)32)2-1-3-17-19(27)23-25(21(17)29)13-6-10-15(11-7-13)37(33,34)35;;/h1-3,12-15,28H,4-11H2,(H,22,26)(H,23,27)(H,30,31,32)(H,33,34,35);;/q;2*+1/p-2. The smallest absolute Gasteiger partial charge is 0.748 e. The van der Waals surface area contributed by atoms with Gasteiger partial charge in [0.1, 0.15) is 11.1 Å². The van der Waals surface area contributed by atoms with Crippen LogP contribution in [0.2, 0.25) is 0 Å². The van der Waals surface area contributed by atoms with Gasteiger partial charge in [0.05, 0.1) is 32.3 Å². The van der Waals surface area contributed by atoms with Crippen LogP contribution in [0.3, 0.4) is 0 Å². The van der Waals surface area contributed by atoms with Crippen LogP contribution in [0.4, 0.5) is 0 Å². The zero-order valence-electron chi connectivity index (χ0n) is 21.5. The molecular weight excluding hydrogens is 578 g/mol. The Balaban J connectivity index is 0.00000267. The van der Waals surface area contributed by atoms with E-state index in [4.69, 9.17) is 0 Å². The topological polar surface area (TPSA) is 222 Å². The van der Waals surface area contributed by atoms with Gasteiger partial charge in [-0.3, -0.25) is 29.6 Å². The summed E-state index contributed by atoms with van der Waals surface area (Å²) in [5, 5.41) is 12.1. The van der Waals surface area contributed by atoms with Crippen molar-refractivity contribution in [2.24, 2.45) is 0 Å². The van der Waals surface area contributed by atoms with E-state index in [1.165, 1.54) is 22.9 Å². The molecule has 0 atom stereocenters. The molecule has 14 nitrogen and oxygen atoms in total. The number of carbonyl (C=O) groups excluding carboxylic acids is 2. The summed E-state index contributed by atoms with van der Waals surface area (Å²) in [6.45, 7) is 0. The molecule has 3 aliphatic rings. The van der Waals surface area contributed by atoms with Gasteiger partial charge >= 0.3 is 59.1 Å². The van der Waals surface area contributed by atoms with E-state index in [0.29, 0.717) is 0 Å². The van der Waals surface area contributed by atoms with Gasteiger partial charge in [0.25, 0.3) is 17.4 Å². The minimum atomic E-state index is -4.42. The van der Waals surface area contributed by atoms with Crippen LogP contribution in [0.15, 0.2) is 22.5 Å². The number of rotatable bonds is 6. The van der Waals surface area contributed by atoms with Crippen molar-refractivity contribution < 1.29 is 99.8 Å². The van der Waals surface area contributed by atoms with Crippen molar-refractivity contribution in [1.82, 2.24) is 20.2 Å². The largest absolute Gasteiger partial charge is 1.00 e. The van der Waals surface area contributed by atoms with Crippen molar-refractivity contribution in [3.63, 3.8) is 0 Å². The number of amides is 2. The van der Waals surface area contributed by atoms with Gasteiger partial charge in [-0.05, 0) is 63.5 Å². The third-order valence-corrected chi connectivity index (χ3v) is 9.79. The van der Waals surface area contributed by atoms with Crippen molar-refractivity contribution >= 4 is 38.1 Å². The summed E-state index contributed by atoms with van der Waals surface area (Å²) in [6.07, 6.45) is 5.06. The molecular formula is C21H26N4Na2O10S2. The number of allylic oxidation sites excluding steroid dienone is 2. The minimum Gasteiger partial charge on any atom is -0.748 e. The predicted molar refractivity (Wildman–Crippen MR) is 126 cm³/mol. The first-order valence-electron chi connectivity index (χ1n) is 11.7. The fraction of sp³-hybridized carbons (Fsp3) is 0.571. The molecule has 0 unspecified atom stereocenters. The minimum absolute atomic E-state index is 0. The van der Waals surface area contributed by atoms with E-state index in [-0.39, 0.29) is 122 Å². The number of hydrogen-bond acceptors (Lipinski definition) is 10. The number of H-pyrrole nitrogens is 1. The molecule has 204 valence electrons. The SMILES string of the molecule is O=C1NN(C2CCC(S(=O)(=O)[O-])CC2)C(=O)C1=CC=Cc1c(O)n(C2CCC(S(=O)(=O)[O-])CC2)[nH]c1=O.[Na+].[Na+]. The second-order valence-corrected chi connectivity index (χ2v) is 12.8. The Labute approximate surface area is 269 Å². The zero-order chi connectivity index (χ0) is 27.1. The quantitative estimate of drug-likeness (QED) is 0.121. The number of hydrogen-bond donors (Lipinski definition) is 3. The fourth-order valence-electron chi connectivity index (χ4n) is 5.14. The van der Waals surface area contributed by atoms with E-state index < -0.39 is 66.1 Å². The van der Waals surface area contributed by atoms with Gasteiger partial charge in [0, 0.05) is 10.5 Å². The monoisotopic (exact) mass is 604 g/mol. The number of aromatic amines is 1. The van der Waals surface area contributed by atoms with E-state index in [1.54, 1.807) is 0 Å². The Bertz CT molecular complexity index is 1420. The summed E-state index contributed by atoms with van der Waals surface area (Å²) >= 11 is 0. The second-order valence-electron chi connectivity index (χ2n) is 9.45. The third-order valence-electron chi connectivity index (χ3n) is 7.21. The average Bonchev–Trinajstić information content (AvgIpc) is 3.28. The van der Waals surface area contributed by atoms with Gasteiger partial charge in [-0.25, -0.2) is 21.8 Å². The van der Waals surface area contributed by atoms with Gasteiger partial charge in [0.15, 0.2) is 0 Å². The van der Waals surface area contributed by atoms with Gasteiger partial charge in [0.2, 0.25) is 5.88 Å². The molecule has 18 heteroatoms. The van der Waals surface area contributed by atoms with Gasteiger partial charge < -0.3 is 14.2 Å². The van der Waals surface area contributed by atoms with E-state index >= 15 is 0 Å². The molecule has 1 aliphatic heterocycles. The van der Waals surface area contributed by atoms with Crippen molar-refractivity contribution in [2.75, 3.05) is 0 Å². The number of aromatic nitrogens is 2. The van der Waals surface area contributed by atoms with Crippen molar-refractivity contribution in [3.05, 3.63) is 33.6 Å². The normalized spacial score (nSPS) is 27.3. The van der Waals surface area contributed by atoms with Crippen molar-refractivity contribution in [1.29, 1.82) is 0 Å². The molecule has 39 heavy (non-hydrogen) atoms. The van der Waals surface area contributed by atoms with E-state index in [1.807, 2.05) is 0 Å². The van der Waals surface area contributed by atoms with Crippen molar-refractivity contribution in [2.45, 2.75) is 74.0 Å². The molecule has 2 amide bonds. The van der Waals surface area contributed by atoms with Crippen LogP contribution in [-0.4, -0.2) is 74.2 Å². The van der Waals surface area contributed by atoms with Crippen LogP contribution in [0, 0.1) is 0 Å². The summed E-state index contributed by atoms with van der Waals surface area (Å²) in [5.74, 6) is -1.72. The molecule has 1 aromatic heterocycles. The Kier molecular flexibility index (Phi) is 11.7. The Morgan fingerprint density at radius 2 is 1.31 bits per heavy atom. The molecule has 1 aromatic rings. The molecule has 0 radical (unpaired) electrons. The van der Waals surface area contributed by atoms with E-state index in [2.05, 4.69) is 10.5 Å². The van der Waals surface area contributed by atoms with Gasteiger partial charge in [-0.1, -0.05) is 6.08 Å². The third kappa shape index (κ3) is 7.67.